The summed E-state index contributed by atoms with van der Waals surface area (Å²) in [5, 5.41) is 0.576. The van der Waals surface area contributed by atoms with E-state index in [1.165, 1.54) is 32.1 Å². The van der Waals surface area contributed by atoms with E-state index in [4.69, 9.17) is 16.3 Å². The smallest absolute Gasteiger partial charge is 0.314 e. The van der Waals surface area contributed by atoms with Crippen molar-refractivity contribution in [1.82, 2.24) is 0 Å². The molecule has 0 amide bonds. The molecule has 6 heteroatoms. The predicted molar refractivity (Wildman–Crippen MR) is 133 cm³/mol. The van der Waals surface area contributed by atoms with Crippen molar-refractivity contribution in [3.63, 3.8) is 0 Å². The number of aryl methyl sites for hydroxylation is 1. The first kappa shape index (κ1) is 26.4. The molecule has 0 saturated heterocycles. The Morgan fingerprint density at radius 3 is 2.12 bits per heavy atom. The summed E-state index contributed by atoms with van der Waals surface area (Å²) in [6.45, 7) is 4.23. The lowest BCUT2D eigenvalue weighted by molar-refractivity contribution is -0.140. The van der Waals surface area contributed by atoms with Crippen molar-refractivity contribution in [2.45, 2.75) is 65.2 Å². The van der Waals surface area contributed by atoms with E-state index in [9.17, 15) is 14.2 Å². The summed E-state index contributed by atoms with van der Waals surface area (Å²) in [4.78, 5) is 26.0. The highest BCUT2D eigenvalue weighted by atomic mass is 35.5. The van der Waals surface area contributed by atoms with Gasteiger partial charge in [-0.1, -0.05) is 106 Å². The van der Waals surface area contributed by atoms with Crippen molar-refractivity contribution in [3.05, 3.63) is 64.7 Å². The van der Waals surface area contributed by atoms with E-state index < -0.39 is 24.8 Å². The van der Waals surface area contributed by atoms with E-state index in [-0.39, 0.29) is 17.2 Å². The molecule has 0 bridgehead atoms. The third-order valence-corrected chi connectivity index (χ3v) is 8.58. The number of unbranched alkanes of at least 4 members (excludes halogenated alkanes) is 7. The number of esters is 1. The van der Waals surface area contributed by atoms with Crippen LogP contribution in [0.5, 0.6) is 0 Å². The van der Waals surface area contributed by atoms with Crippen LogP contribution in [-0.4, -0.2) is 24.3 Å². The normalized spacial score (nSPS) is 12.8. The second-order valence-electron chi connectivity index (χ2n) is 8.17. The van der Waals surface area contributed by atoms with Crippen LogP contribution in [0.4, 0.5) is 0 Å². The highest BCUT2D eigenvalue weighted by Gasteiger charge is 2.39. The Hall–Kier alpha value is -1.90. The zero-order valence-electron chi connectivity index (χ0n) is 19.1. The monoisotopic (exact) mass is 476 g/mol. The lowest BCUT2D eigenvalue weighted by atomic mass is 10.1. The molecule has 0 heterocycles. The van der Waals surface area contributed by atoms with Gasteiger partial charge in [-0.05, 0) is 25.0 Å². The fourth-order valence-electron chi connectivity index (χ4n) is 3.68. The largest absolute Gasteiger partial charge is 0.465 e. The van der Waals surface area contributed by atoms with Crippen molar-refractivity contribution in [2.24, 2.45) is 0 Å². The van der Waals surface area contributed by atoms with Crippen molar-refractivity contribution >= 4 is 35.5 Å². The molecule has 0 aliphatic heterocycles. The Bertz CT molecular complexity index is 906. The lowest BCUT2D eigenvalue weighted by Crippen LogP contribution is -2.22. The average molecular weight is 477 g/mol. The van der Waals surface area contributed by atoms with E-state index in [0.29, 0.717) is 10.9 Å². The highest BCUT2D eigenvalue weighted by Crippen LogP contribution is 2.49. The van der Waals surface area contributed by atoms with Crippen LogP contribution in [-0.2, 0) is 14.1 Å². The number of hydrogen-bond donors (Lipinski definition) is 0. The molecule has 174 valence electrons. The van der Waals surface area contributed by atoms with E-state index in [2.05, 4.69) is 6.92 Å². The van der Waals surface area contributed by atoms with Crippen molar-refractivity contribution in [3.8, 4) is 0 Å². The maximum absolute atomic E-state index is 14.0. The molecule has 2 rings (SSSR count). The first-order chi connectivity index (χ1) is 15.4. The third-order valence-electron chi connectivity index (χ3n) is 5.55. The van der Waals surface area contributed by atoms with E-state index in [1.54, 1.807) is 55.5 Å². The molecular formula is C26H34ClO4P. The van der Waals surface area contributed by atoms with Gasteiger partial charge in [0.1, 0.15) is 6.16 Å². The highest BCUT2D eigenvalue weighted by molar-refractivity contribution is 7.88. The average Bonchev–Trinajstić information content (AvgIpc) is 2.78. The molecule has 2 aromatic rings. The molecular weight excluding hydrogens is 443 g/mol. The summed E-state index contributed by atoms with van der Waals surface area (Å²) < 4.78 is 19.3. The van der Waals surface area contributed by atoms with Crippen LogP contribution in [0.15, 0.2) is 48.5 Å². The SMILES string of the molecule is CCCCCCCCCCOC(=O)CP(=O)(C(=O)c1c(C)cccc1Cl)c1ccccc1. The zero-order chi connectivity index (χ0) is 23.4. The van der Waals surface area contributed by atoms with Crippen LogP contribution < -0.4 is 5.30 Å². The second-order valence-corrected chi connectivity index (χ2v) is 11.3. The van der Waals surface area contributed by atoms with Crippen LogP contribution in [0.2, 0.25) is 5.02 Å². The van der Waals surface area contributed by atoms with Gasteiger partial charge in [-0.3, -0.25) is 9.59 Å². The topological polar surface area (TPSA) is 60.4 Å². The van der Waals surface area contributed by atoms with Crippen molar-refractivity contribution in [1.29, 1.82) is 0 Å². The summed E-state index contributed by atoms with van der Waals surface area (Å²) in [6.07, 6.45) is 8.66. The summed E-state index contributed by atoms with van der Waals surface area (Å²) in [7, 11) is -3.77. The molecule has 0 saturated carbocycles. The molecule has 0 N–H and O–H groups in total. The number of ether oxygens (including phenoxy) is 1. The number of benzene rings is 2. The van der Waals surface area contributed by atoms with Gasteiger partial charge < -0.3 is 9.30 Å². The van der Waals surface area contributed by atoms with Gasteiger partial charge in [0.2, 0.25) is 5.52 Å². The molecule has 1 unspecified atom stereocenters. The number of carbonyl (C=O) groups is 2. The Balaban J connectivity index is 2.01. The number of hydrogen-bond acceptors (Lipinski definition) is 4. The standard InChI is InChI=1S/C26H34ClO4P/c1-3-4-5-6-7-8-9-13-19-31-24(28)20-32(30,22-16-11-10-12-17-22)26(29)25-21(2)15-14-18-23(25)27/h10-12,14-18H,3-9,13,19-20H2,1-2H3. The van der Waals surface area contributed by atoms with Gasteiger partial charge >= 0.3 is 5.97 Å². The summed E-state index contributed by atoms with van der Waals surface area (Å²) in [6, 6.07) is 13.5. The Labute approximate surface area is 197 Å². The first-order valence-electron chi connectivity index (χ1n) is 11.5. The lowest BCUT2D eigenvalue weighted by Gasteiger charge is -2.19. The van der Waals surface area contributed by atoms with E-state index in [1.807, 2.05) is 0 Å². The van der Waals surface area contributed by atoms with Gasteiger partial charge in [-0.15, -0.1) is 0 Å². The van der Waals surface area contributed by atoms with Gasteiger partial charge in [-0.25, -0.2) is 0 Å². The maximum atomic E-state index is 14.0. The third kappa shape index (κ3) is 7.60. The van der Waals surface area contributed by atoms with Crippen LogP contribution in [0.3, 0.4) is 0 Å². The number of carbonyl (C=O) groups excluding carboxylic acids is 2. The van der Waals surface area contributed by atoms with Gasteiger partial charge in [0.15, 0.2) is 7.14 Å². The van der Waals surface area contributed by atoms with Crippen LogP contribution >= 0.6 is 18.7 Å². The minimum atomic E-state index is -3.77. The zero-order valence-corrected chi connectivity index (χ0v) is 20.8. The van der Waals surface area contributed by atoms with E-state index in [0.717, 1.165) is 19.3 Å². The first-order valence-corrected chi connectivity index (χ1v) is 13.8. The Kier molecular flexibility index (Phi) is 11.2. The van der Waals surface area contributed by atoms with Crippen molar-refractivity contribution in [2.75, 3.05) is 12.8 Å². The van der Waals surface area contributed by atoms with Gasteiger partial charge in [-0.2, -0.15) is 0 Å². The van der Waals surface area contributed by atoms with Crippen LogP contribution in [0.1, 0.15) is 74.2 Å². The Morgan fingerprint density at radius 2 is 1.50 bits per heavy atom. The molecule has 0 fully saturated rings. The summed E-state index contributed by atoms with van der Waals surface area (Å²) in [5.41, 5.74) is 0.235. The quantitative estimate of drug-likeness (QED) is 0.165. The molecule has 32 heavy (non-hydrogen) atoms. The molecule has 0 aromatic heterocycles. The molecule has 0 radical (unpaired) electrons. The Morgan fingerprint density at radius 1 is 0.875 bits per heavy atom. The summed E-state index contributed by atoms with van der Waals surface area (Å²) >= 11 is 6.27. The minimum absolute atomic E-state index is 0.206. The molecule has 0 aliphatic carbocycles. The second kappa shape index (κ2) is 13.6. The van der Waals surface area contributed by atoms with Gasteiger partial charge in [0.05, 0.1) is 11.6 Å². The predicted octanol–water partition coefficient (Wildman–Crippen LogP) is 7.16. The summed E-state index contributed by atoms with van der Waals surface area (Å²) in [5.74, 6) is -0.613. The van der Waals surface area contributed by atoms with Crippen LogP contribution in [0.25, 0.3) is 0 Å². The fraction of sp³-hybridized carbons (Fsp3) is 0.462. The van der Waals surface area contributed by atoms with Gasteiger partial charge in [0, 0.05) is 10.9 Å². The molecule has 2 aromatic carbocycles. The van der Waals surface area contributed by atoms with Gasteiger partial charge in [0.25, 0.3) is 0 Å². The number of halogens is 1. The fourth-order valence-corrected chi connectivity index (χ4v) is 6.38. The molecule has 0 spiro atoms. The minimum Gasteiger partial charge on any atom is -0.465 e. The van der Waals surface area contributed by atoms with Crippen molar-refractivity contribution < 1.29 is 18.9 Å². The number of rotatable bonds is 14. The molecule has 1 atom stereocenters. The molecule has 4 nitrogen and oxygen atoms in total. The molecule has 0 aliphatic rings. The maximum Gasteiger partial charge on any atom is 0.314 e. The van der Waals surface area contributed by atoms with E-state index >= 15 is 0 Å². The van der Waals surface area contributed by atoms with Crippen LogP contribution in [0, 0.1) is 6.92 Å².